The molecule has 208 valence electrons. The number of rotatable bonds is 12. The number of imide groups is 1. The Balaban J connectivity index is 1.36. The number of halogens is 1. The van der Waals surface area contributed by atoms with Crippen molar-refractivity contribution in [2.75, 3.05) is 25.3 Å². The van der Waals surface area contributed by atoms with E-state index in [1.54, 1.807) is 30.3 Å². The van der Waals surface area contributed by atoms with Gasteiger partial charge in [-0.2, -0.15) is 0 Å². The Morgan fingerprint density at radius 2 is 1.74 bits per heavy atom. The molecule has 11 heteroatoms. The molecular weight excluding hydrogens is 541 g/mol. The normalized spacial score (nSPS) is 17.5. The minimum atomic E-state index is -3.68. The van der Waals surface area contributed by atoms with Crippen molar-refractivity contribution in [3.05, 3.63) is 59.4 Å². The van der Waals surface area contributed by atoms with Gasteiger partial charge in [0.25, 0.3) is 11.8 Å². The second kappa shape index (κ2) is 12.2. The lowest BCUT2D eigenvalue weighted by Gasteiger charge is -2.24. The van der Waals surface area contributed by atoms with Gasteiger partial charge in [-0.25, -0.2) is 4.98 Å². The summed E-state index contributed by atoms with van der Waals surface area (Å²) < 4.78 is 25.1. The first-order valence-electron chi connectivity index (χ1n) is 13.5. The quantitative estimate of drug-likeness (QED) is 0.129. The zero-order valence-electron chi connectivity index (χ0n) is 21.8. The van der Waals surface area contributed by atoms with Gasteiger partial charge in [-0.15, -0.1) is 11.6 Å². The van der Waals surface area contributed by atoms with Crippen molar-refractivity contribution in [1.29, 1.82) is 0 Å². The van der Waals surface area contributed by atoms with Crippen LogP contribution < -0.4 is 4.74 Å². The SMILES string of the molecule is O=C1c2ccccc2C(=O)N1Cc1nc2ccc(OCCOP(=O)(O)CCCCl)cc2n1CC1CCCCC1. The Hall–Kier alpha value is -2.71. The molecule has 2 aromatic carbocycles. The van der Waals surface area contributed by atoms with Gasteiger partial charge >= 0.3 is 7.60 Å². The number of ether oxygens (including phenoxy) is 1. The topological polar surface area (TPSA) is 111 Å². The van der Waals surface area contributed by atoms with Crippen molar-refractivity contribution in [2.24, 2.45) is 5.92 Å². The number of aromatic nitrogens is 2. The number of benzene rings is 2. The van der Waals surface area contributed by atoms with Gasteiger partial charge in [0, 0.05) is 18.5 Å². The van der Waals surface area contributed by atoms with E-state index < -0.39 is 7.60 Å². The average Bonchev–Trinajstić information content (AvgIpc) is 3.40. The van der Waals surface area contributed by atoms with Crippen LogP contribution in [-0.2, 0) is 22.2 Å². The van der Waals surface area contributed by atoms with Crippen LogP contribution in [0.2, 0.25) is 0 Å². The number of hydrogen-bond acceptors (Lipinski definition) is 6. The monoisotopic (exact) mass is 573 g/mol. The molecule has 1 aromatic heterocycles. The van der Waals surface area contributed by atoms with Crippen LogP contribution in [0.5, 0.6) is 5.75 Å². The number of alkyl halides is 1. The summed E-state index contributed by atoms with van der Waals surface area (Å²) >= 11 is 5.60. The molecule has 1 atom stereocenters. The van der Waals surface area contributed by atoms with Gasteiger partial charge in [0.15, 0.2) is 0 Å². The minimum Gasteiger partial charge on any atom is -0.491 e. The number of fused-ring (bicyclic) bond motifs is 2. The molecule has 1 aliphatic heterocycles. The first kappa shape index (κ1) is 27.8. The van der Waals surface area contributed by atoms with Gasteiger partial charge in [-0.05, 0) is 49.4 Å². The van der Waals surface area contributed by atoms with Gasteiger partial charge < -0.3 is 18.7 Å². The van der Waals surface area contributed by atoms with Crippen molar-refractivity contribution >= 4 is 42.0 Å². The lowest BCUT2D eigenvalue weighted by molar-refractivity contribution is 0.0636. The van der Waals surface area contributed by atoms with Crippen molar-refractivity contribution in [1.82, 2.24) is 14.5 Å². The summed E-state index contributed by atoms with van der Waals surface area (Å²) in [5.74, 6) is 1.42. The maximum Gasteiger partial charge on any atom is 0.328 e. The van der Waals surface area contributed by atoms with E-state index in [0.29, 0.717) is 40.9 Å². The van der Waals surface area contributed by atoms with E-state index in [1.807, 2.05) is 12.1 Å². The maximum atomic E-state index is 13.0. The third-order valence-corrected chi connectivity index (χ3v) is 9.10. The first-order valence-corrected chi connectivity index (χ1v) is 15.8. The Bertz CT molecular complexity index is 1370. The van der Waals surface area contributed by atoms with Crippen molar-refractivity contribution in [3.63, 3.8) is 0 Å². The van der Waals surface area contributed by atoms with E-state index in [1.165, 1.54) is 24.2 Å². The molecule has 5 rings (SSSR count). The van der Waals surface area contributed by atoms with Crippen LogP contribution in [-0.4, -0.2) is 56.4 Å². The van der Waals surface area contributed by atoms with E-state index in [2.05, 4.69) is 4.57 Å². The number of carbonyl (C=O) groups excluding carboxylic acids is 2. The van der Waals surface area contributed by atoms with Gasteiger partial charge in [-0.3, -0.25) is 19.1 Å². The molecule has 1 aliphatic carbocycles. The standard InChI is InChI=1S/C28H33ClN3O6P/c29-13-6-16-39(35,36)38-15-14-37-21-11-12-24-25(17-21)31(18-20-7-2-1-3-8-20)26(30-24)19-32-27(33)22-9-4-5-10-23(22)28(32)34/h4-5,9-12,17,20H,1-3,6-8,13-16,18-19H2,(H,35,36). The van der Waals surface area contributed by atoms with E-state index in [-0.39, 0.29) is 37.7 Å². The highest BCUT2D eigenvalue weighted by Gasteiger charge is 2.36. The summed E-state index contributed by atoms with van der Waals surface area (Å²) in [6, 6.07) is 12.4. The van der Waals surface area contributed by atoms with Gasteiger partial charge in [0.2, 0.25) is 0 Å². The summed E-state index contributed by atoms with van der Waals surface area (Å²) in [4.78, 5) is 42.0. The third kappa shape index (κ3) is 6.38. The highest BCUT2D eigenvalue weighted by molar-refractivity contribution is 7.52. The molecule has 2 heterocycles. The molecule has 0 spiro atoms. The molecule has 1 unspecified atom stereocenters. The zero-order chi connectivity index (χ0) is 27.4. The number of carbonyl (C=O) groups is 2. The van der Waals surface area contributed by atoms with Gasteiger partial charge in [0.1, 0.15) is 18.2 Å². The van der Waals surface area contributed by atoms with Crippen molar-refractivity contribution < 1.29 is 28.3 Å². The maximum absolute atomic E-state index is 13.0. The lowest BCUT2D eigenvalue weighted by Crippen LogP contribution is -2.31. The lowest BCUT2D eigenvalue weighted by atomic mass is 9.89. The van der Waals surface area contributed by atoms with Crippen LogP contribution in [0.15, 0.2) is 42.5 Å². The molecule has 2 aliphatic rings. The summed E-state index contributed by atoms with van der Waals surface area (Å²) in [7, 11) is -3.68. The molecule has 39 heavy (non-hydrogen) atoms. The molecule has 3 aromatic rings. The minimum absolute atomic E-state index is 0.0126. The van der Waals surface area contributed by atoms with Gasteiger partial charge in [-0.1, -0.05) is 31.4 Å². The fraction of sp³-hybridized carbons (Fsp3) is 0.464. The van der Waals surface area contributed by atoms with Crippen LogP contribution in [0.3, 0.4) is 0 Å². The molecule has 0 saturated heterocycles. The van der Waals surface area contributed by atoms with Crippen LogP contribution in [0.1, 0.15) is 65.1 Å². The van der Waals surface area contributed by atoms with E-state index in [0.717, 1.165) is 30.4 Å². The number of amides is 2. The first-order chi connectivity index (χ1) is 18.9. The predicted molar refractivity (Wildman–Crippen MR) is 148 cm³/mol. The molecule has 1 fully saturated rings. The molecular formula is C28H33ClN3O6P. The second-order valence-corrected chi connectivity index (χ2v) is 12.5. The van der Waals surface area contributed by atoms with Gasteiger partial charge in [0.05, 0.1) is 41.5 Å². The highest BCUT2D eigenvalue weighted by Crippen LogP contribution is 2.42. The summed E-state index contributed by atoms with van der Waals surface area (Å²) in [6.45, 7) is 0.914. The van der Waals surface area contributed by atoms with Crippen LogP contribution in [0.4, 0.5) is 0 Å². The Morgan fingerprint density at radius 3 is 2.44 bits per heavy atom. The summed E-state index contributed by atoms with van der Waals surface area (Å²) in [5.41, 5.74) is 2.46. The Morgan fingerprint density at radius 1 is 1.03 bits per heavy atom. The fourth-order valence-corrected chi connectivity index (χ4v) is 6.75. The molecule has 0 bridgehead atoms. The van der Waals surface area contributed by atoms with Crippen molar-refractivity contribution in [3.8, 4) is 5.75 Å². The zero-order valence-corrected chi connectivity index (χ0v) is 23.4. The molecule has 9 nitrogen and oxygen atoms in total. The Kier molecular flexibility index (Phi) is 8.72. The molecule has 1 N–H and O–H groups in total. The fourth-order valence-electron chi connectivity index (χ4n) is 5.38. The van der Waals surface area contributed by atoms with E-state index >= 15 is 0 Å². The number of imidazole rings is 1. The number of hydrogen-bond donors (Lipinski definition) is 1. The van der Waals surface area contributed by atoms with Crippen LogP contribution in [0.25, 0.3) is 11.0 Å². The van der Waals surface area contributed by atoms with Crippen molar-refractivity contribution in [2.45, 2.75) is 51.6 Å². The third-order valence-electron chi connectivity index (χ3n) is 7.36. The smallest absolute Gasteiger partial charge is 0.328 e. The summed E-state index contributed by atoms with van der Waals surface area (Å²) in [6.07, 6.45) is 6.31. The average molecular weight is 574 g/mol. The highest BCUT2D eigenvalue weighted by atomic mass is 35.5. The molecule has 2 amide bonds. The predicted octanol–water partition coefficient (Wildman–Crippen LogP) is 5.62. The molecule has 1 saturated carbocycles. The Labute approximate surface area is 232 Å². The largest absolute Gasteiger partial charge is 0.491 e. The van der Waals surface area contributed by atoms with Crippen LogP contribution in [0, 0.1) is 5.92 Å². The molecule has 0 radical (unpaired) electrons. The number of nitrogens with zero attached hydrogens (tertiary/aromatic N) is 3. The van der Waals surface area contributed by atoms with Crippen LogP contribution >= 0.6 is 19.2 Å². The summed E-state index contributed by atoms with van der Waals surface area (Å²) in [5, 5.41) is 0. The van der Waals surface area contributed by atoms with E-state index in [4.69, 9.17) is 25.8 Å². The second-order valence-electron chi connectivity index (χ2n) is 10.1. The van der Waals surface area contributed by atoms with E-state index in [9.17, 15) is 19.0 Å².